The predicted molar refractivity (Wildman–Crippen MR) is 87.6 cm³/mol. The van der Waals surface area contributed by atoms with Gasteiger partial charge in [0.1, 0.15) is 0 Å². The standard InChI is InChI=1S/C16H27ClN2O/c1-12(2)10-18-11-14-6-5-7-15(17)16(14)19(8-9-20)13(3)4/h5-7,12-13,18,20H,8-11H2,1-4H3. The Bertz CT molecular complexity index is 407. The van der Waals surface area contributed by atoms with Crippen molar-refractivity contribution >= 4 is 17.3 Å². The van der Waals surface area contributed by atoms with Gasteiger partial charge in [0.15, 0.2) is 0 Å². The molecule has 0 bridgehead atoms. The third kappa shape index (κ3) is 4.97. The fraction of sp³-hybridized carbons (Fsp3) is 0.625. The van der Waals surface area contributed by atoms with E-state index in [4.69, 9.17) is 11.6 Å². The first-order valence-corrected chi connectivity index (χ1v) is 7.70. The van der Waals surface area contributed by atoms with E-state index in [1.807, 2.05) is 12.1 Å². The lowest BCUT2D eigenvalue weighted by atomic mass is 10.1. The molecule has 4 heteroatoms. The van der Waals surface area contributed by atoms with Crippen molar-refractivity contribution < 1.29 is 5.11 Å². The third-order valence-corrected chi connectivity index (χ3v) is 3.49. The number of nitrogens with one attached hydrogen (secondary N) is 1. The molecule has 0 aromatic heterocycles. The van der Waals surface area contributed by atoms with E-state index in [1.165, 1.54) is 5.56 Å². The Balaban J connectivity index is 2.96. The van der Waals surface area contributed by atoms with E-state index in [0.717, 1.165) is 23.8 Å². The number of aliphatic hydroxyl groups excluding tert-OH is 1. The molecule has 3 nitrogen and oxygen atoms in total. The van der Waals surface area contributed by atoms with Gasteiger partial charge in [-0.25, -0.2) is 0 Å². The van der Waals surface area contributed by atoms with Crippen molar-refractivity contribution in [1.29, 1.82) is 0 Å². The molecule has 0 saturated carbocycles. The maximum atomic E-state index is 9.28. The molecule has 0 amide bonds. The van der Waals surface area contributed by atoms with Gasteiger partial charge in [0, 0.05) is 19.1 Å². The molecule has 0 fully saturated rings. The van der Waals surface area contributed by atoms with E-state index in [0.29, 0.717) is 18.5 Å². The summed E-state index contributed by atoms with van der Waals surface area (Å²) in [6, 6.07) is 6.29. The third-order valence-electron chi connectivity index (χ3n) is 3.19. The first kappa shape index (κ1) is 17.3. The average Bonchev–Trinajstić information content (AvgIpc) is 2.36. The summed E-state index contributed by atoms with van der Waals surface area (Å²) in [5.74, 6) is 0.622. The number of rotatable bonds is 8. The van der Waals surface area contributed by atoms with Gasteiger partial charge < -0.3 is 15.3 Å². The summed E-state index contributed by atoms with van der Waals surface area (Å²) < 4.78 is 0. The second-order valence-corrected chi connectivity index (χ2v) is 6.19. The second-order valence-electron chi connectivity index (χ2n) is 5.78. The van der Waals surface area contributed by atoms with Crippen molar-refractivity contribution in [1.82, 2.24) is 5.32 Å². The van der Waals surface area contributed by atoms with Crippen LogP contribution in [0.3, 0.4) is 0 Å². The minimum Gasteiger partial charge on any atom is -0.395 e. The summed E-state index contributed by atoms with van der Waals surface area (Å²) in [5.41, 5.74) is 2.22. The molecule has 0 radical (unpaired) electrons. The van der Waals surface area contributed by atoms with E-state index >= 15 is 0 Å². The highest BCUT2D eigenvalue weighted by molar-refractivity contribution is 6.33. The molecular formula is C16H27ClN2O. The van der Waals surface area contributed by atoms with E-state index in [9.17, 15) is 5.11 Å². The molecule has 2 N–H and O–H groups in total. The number of anilines is 1. The van der Waals surface area contributed by atoms with Gasteiger partial charge in [-0.2, -0.15) is 0 Å². The number of hydrogen-bond acceptors (Lipinski definition) is 3. The van der Waals surface area contributed by atoms with Crippen LogP contribution in [0.4, 0.5) is 5.69 Å². The number of nitrogens with zero attached hydrogens (tertiary/aromatic N) is 1. The van der Waals surface area contributed by atoms with Crippen molar-refractivity contribution in [3.63, 3.8) is 0 Å². The molecule has 0 aliphatic heterocycles. The Morgan fingerprint density at radius 3 is 2.50 bits per heavy atom. The van der Waals surface area contributed by atoms with Crippen LogP contribution >= 0.6 is 11.6 Å². The van der Waals surface area contributed by atoms with Crippen molar-refractivity contribution in [3.05, 3.63) is 28.8 Å². The second kappa shape index (κ2) is 8.50. The molecule has 20 heavy (non-hydrogen) atoms. The van der Waals surface area contributed by atoms with Gasteiger partial charge in [-0.3, -0.25) is 0 Å². The lowest BCUT2D eigenvalue weighted by Crippen LogP contribution is -2.35. The summed E-state index contributed by atoms with van der Waals surface area (Å²) >= 11 is 6.39. The first-order chi connectivity index (χ1) is 9.47. The number of hydrogen-bond donors (Lipinski definition) is 2. The van der Waals surface area contributed by atoms with Gasteiger partial charge >= 0.3 is 0 Å². The fourth-order valence-corrected chi connectivity index (χ4v) is 2.56. The van der Waals surface area contributed by atoms with E-state index in [-0.39, 0.29) is 6.61 Å². The van der Waals surface area contributed by atoms with E-state index < -0.39 is 0 Å². The van der Waals surface area contributed by atoms with Gasteiger partial charge in [0.05, 0.1) is 17.3 Å². The molecular weight excluding hydrogens is 272 g/mol. The summed E-state index contributed by atoms with van der Waals surface area (Å²) in [5, 5.41) is 13.5. The quantitative estimate of drug-likeness (QED) is 0.773. The van der Waals surface area contributed by atoms with Crippen LogP contribution in [0, 0.1) is 5.92 Å². The molecule has 0 heterocycles. The predicted octanol–water partition coefficient (Wildman–Crippen LogP) is 3.29. The fourth-order valence-electron chi connectivity index (χ4n) is 2.26. The Morgan fingerprint density at radius 2 is 1.95 bits per heavy atom. The molecule has 0 unspecified atom stereocenters. The zero-order chi connectivity index (χ0) is 15.1. The van der Waals surface area contributed by atoms with Crippen LogP contribution < -0.4 is 10.2 Å². The SMILES string of the molecule is CC(C)CNCc1cccc(Cl)c1N(CCO)C(C)C. The molecule has 0 aliphatic carbocycles. The summed E-state index contributed by atoms with van der Waals surface area (Å²) in [7, 11) is 0. The molecule has 0 atom stereocenters. The number of para-hydroxylation sites is 1. The van der Waals surface area contributed by atoms with Crippen LogP contribution in [0.2, 0.25) is 5.02 Å². The summed E-state index contributed by atoms with van der Waals surface area (Å²) in [6.07, 6.45) is 0. The van der Waals surface area contributed by atoms with E-state index in [1.54, 1.807) is 0 Å². The van der Waals surface area contributed by atoms with Gasteiger partial charge in [-0.1, -0.05) is 37.6 Å². The average molecular weight is 299 g/mol. The highest BCUT2D eigenvalue weighted by Crippen LogP contribution is 2.31. The van der Waals surface area contributed by atoms with Crippen LogP contribution in [-0.2, 0) is 6.54 Å². The monoisotopic (exact) mass is 298 g/mol. The minimum absolute atomic E-state index is 0.127. The Labute approximate surface area is 127 Å². The molecule has 1 aromatic carbocycles. The van der Waals surface area contributed by atoms with Gasteiger partial charge in [0.2, 0.25) is 0 Å². The summed E-state index contributed by atoms with van der Waals surface area (Å²) in [4.78, 5) is 2.16. The Kier molecular flexibility index (Phi) is 7.35. The summed E-state index contributed by atoms with van der Waals surface area (Å²) in [6.45, 7) is 11.1. The highest BCUT2D eigenvalue weighted by Gasteiger charge is 2.17. The first-order valence-electron chi connectivity index (χ1n) is 7.33. The van der Waals surface area contributed by atoms with E-state index in [2.05, 4.69) is 44.0 Å². The van der Waals surface area contributed by atoms with Crippen LogP contribution in [0.25, 0.3) is 0 Å². The molecule has 0 saturated heterocycles. The molecule has 1 rings (SSSR count). The highest BCUT2D eigenvalue weighted by atomic mass is 35.5. The normalized spacial score (nSPS) is 11.4. The number of halogens is 1. The van der Waals surface area contributed by atoms with Crippen molar-refractivity contribution in [2.24, 2.45) is 5.92 Å². The van der Waals surface area contributed by atoms with Crippen LogP contribution in [0.5, 0.6) is 0 Å². The lowest BCUT2D eigenvalue weighted by molar-refractivity contribution is 0.299. The maximum absolute atomic E-state index is 9.28. The van der Waals surface area contributed by atoms with Gasteiger partial charge in [0.25, 0.3) is 0 Å². The lowest BCUT2D eigenvalue weighted by Gasteiger charge is -2.31. The zero-order valence-corrected chi connectivity index (χ0v) is 13.7. The topological polar surface area (TPSA) is 35.5 Å². The van der Waals surface area contributed by atoms with Crippen molar-refractivity contribution in [2.75, 3.05) is 24.6 Å². The van der Waals surface area contributed by atoms with Crippen molar-refractivity contribution in [2.45, 2.75) is 40.3 Å². The van der Waals surface area contributed by atoms with Gasteiger partial charge in [-0.05, 0) is 37.9 Å². The largest absolute Gasteiger partial charge is 0.395 e. The molecule has 114 valence electrons. The van der Waals surface area contributed by atoms with Crippen LogP contribution in [0.1, 0.15) is 33.3 Å². The van der Waals surface area contributed by atoms with Crippen LogP contribution in [0.15, 0.2) is 18.2 Å². The minimum atomic E-state index is 0.127. The number of benzene rings is 1. The molecule has 1 aromatic rings. The Hall–Kier alpha value is -0.770. The van der Waals surface area contributed by atoms with Crippen LogP contribution in [-0.4, -0.2) is 30.8 Å². The van der Waals surface area contributed by atoms with Gasteiger partial charge in [-0.15, -0.1) is 0 Å². The van der Waals surface area contributed by atoms with Crippen molar-refractivity contribution in [3.8, 4) is 0 Å². The smallest absolute Gasteiger partial charge is 0.0643 e. The number of aliphatic hydroxyl groups is 1. The Morgan fingerprint density at radius 1 is 1.25 bits per heavy atom. The molecule has 0 spiro atoms. The molecule has 0 aliphatic rings. The zero-order valence-electron chi connectivity index (χ0n) is 13.0. The maximum Gasteiger partial charge on any atom is 0.0643 e.